The molecule has 2 aromatic carbocycles. The third-order valence-corrected chi connectivity index (χ3v) is 6.67. The molecule has 0 radical (unpaired) electrons. The number of carbonyl (C=O) groups is 1. The standard InChI is InChI=1S/C23H30N4O3S/c1-3-27(4-2)19-15-13-18(14-16-19)25-22(28)12-6-5-9-17-24-23-20-10-7-8-11-21(20)31(29,30)26-23/h7-8,10-11,13-16H,3-6,9,12,17H2,1-2H3,(H,24,26)(H,25,28). The zero-order valence-electron chi connectivity index (χ0n) is 18.1. The SMILES string of the molecule is CCN(CC)c1ccc(NC(=O)CCCCCN=C2NS(=O)(=O)c3ccccc32)cc1. The van der Waals surface area contributed by atoms with E-state index in [1.165, 1.54) is 0 Å². The molecule has 0 atom stereocenters. The van der Waals surface area contributed by atoms with E-state index in [1.807, 2.05) is 24.3 Å². The van der Waals surface area contributed by atoms with Crippen molar-refractivity contribution in [1.29, 1.82) is 0 Å². The number of nitrogens with one attached hydrogen (secondary N) is 2. The number of hydrogen-bond acceptors (Lipinski definition) is 5. The number of amidine groups is 1. The maximum atomic E-state index is 12.2. The predicted molar refractivity (Wildman–Crippen MR) is 125 cm³/mol. The van der Waals surface area contributed by atoms with E-state index in [4.69, 9.17) is 0 Å². The Balaban J connectivity index is 1.39. The average Bonchev–Trinajstić information content (AvgIpc) is 3.03. The van der Waals surface area contributed by atoms with Crippen LogP contribution in [-0.2, 0) is 14.8 Å². The molecule has 0 spiro atoms. The van der Waals surface area contributed by atoms with Crippen molar-refractivity contribution in [3.8, 4) is 0 Å². The summed E-state index contributed by atoms with van der Waals surface area (Å²) in [4.78, 5) is 19.1. The highest BCUT2D eigenvalue weighted by Gasteiger charge is 2.29. The number of fused-ring (bicyclic) bond motifs is 1. The minimum atomic E-state index is -3.49. The molecule has 7 nitrogen and oxygen atoms in total. The third-order valence-electron chi connectivity index (χ3n) is 5.27. The molecular formula is C23H30N4O3S. The molecule has 1 aliphatic rings. The highest BCUT2D eigenvalue weighted by molar-refractivity contribution is 7.90. The molecule has 31 heavy (non-hydrogen) atoms. The molecule has 0 saturated carbocycles. The Morgan fingerprint density at radius 3 is 2.42 bits per heavy atom. The molecule has 0 bridgehead atoms. The van der Waals surface area contributed by atoms with E-state index in [2.05, 4.69) is 33.8 Å². The lowest BCUT2D eigenvalue weighted by Gasteiger charge is -2.21. The summed E-state index contributed by atoms with van der Waals surface area (Å²) in [5.41, 5.74) is 2.57. The second-order valence-electron chi connectivity index (χ2n) is 7.41. The van der Waals surface area contributed by atoms with Gasteiger partial charge in [0, 0.05) is 43.0 Å². The van der Waals surface area contributed by atoms with Gasteiger partial charge in [-0.15, -0.1) is 0 Å². The van der Waals surface area contributed by atoms with E-state index in [-0.39, 0.29) is 10.8 Å². The summed E-state index contributed by atoms with van der Waals surface area (Å²) in [6, 6.07) is 14.7. The van der Waals surface area contributed by atoms with Gasteiger partial charge < -0.3 is 10.2 Å². The number of carbonyl (C=O) groups excluding carboxylic acids is 1. The quantitative estimate of drug-likeness (QED) is 0.548. The topological polar surface area (TPSA) is 90.9 Å². The summed E-state index contributed by atoms with van der Waals surface area (Å²) in [6.07, 6.45) is 2.85. The Bertz CT molecular complexity index is 1030. The zero-order valence-corrected chi connectivity index (χ0v) is 18.9. The molecule has 0 unspecified atom stereocenters. The van der Waals surface area contributed by atoms with Crippen molar-refractivity contribution >= 4 is 33.1 Å². The van der Waals surface area contributed by atoms with Crippen LogP contribution in [0.5, 0.6) is 0 Å². The van der Waals surface area contributed by atoms with Gasteiger partial charge in [0.15, 0.2) is 0 Å². The highest BCUT2D eigenvalue weighted by atomic mass is 32.2. The predicted octanol–water partition coefficient (Wildman–Crippen LogP) is 3.77. The van der Waals surface area contributed by atoms with E-state index in [0.717, 1.165) is 43.7 Å². The maximum Gasteiger partial charge on any atom is 0.263 e. The number of sulfonamides is 1. The second-order valence-corrected chi connectivity index (χ2v) is 9.06. The van der Waals surface area contributed by atoms with Crippen LogP contribution in [0.25, 0.3) is 0 Å². The van der Waals surface area contributed by atoms with Gasteiger partial charge in [-0.05, 0) is 63.1 Å². The molecule has 8 heteroatoms. The first-order valence-electron chi connectivity index (χ1n) is 10.8. The number of benzene rings is 2. The molecule has 2 aromatic rings. The van der Waals surface area contributed by atoms with E-state index >= 15 is 0 Å². The van der Waals surface area contributed by atoms with Crippen molar-refractivity contribution in [3.05, 3.63) is 54.1 Å². The average molecular weight is 443 g/mol. The van der Waals surface area contributed by atoms with Crippen LogP contribution in [0.1, 0.15) is 45.1 Å². The third kappa shape index (κ3) is 5.85. The van der Waals surface area contributed by atoms with Crippen LogP contribution in [0.2, 0.25) is 0 Å². The van der Waals surface area contributed by atoms with Crippen molar-refractivity contribution in [2.75, 3.05) is 29.9 Å². The Morgan fingerprint density at radius 1 is 1.00 bits per heavy atom. The molecule has 2 N–H and O–H groups in total. The van der Waals surface area contributed by atoms with Crippen LogP contribution in [-0.4, -0.2) is 39.8 Å². The highest BCUT2D eigenvalue weighted by Crippen LogP contribution is 2.22. The molecule has 1 heterocycles. The normalized spacial score (nSPS) is 15.4. The number of unbranched alkanes of at least 4 members (excludes halogenated alkanes) is 2. The number of amides is 1. The van der Waals surface area contributed by atoms with Crippen LogP contribution in [0, 0.1) is 0 Å². The number of rotatable bonds is 10. The van der Waals surface area contributed by atoms with Gasteiger partial charge in [-0.2, -0.15) is 0 Å². The van der Waals surface area contributed by atoms with Gasteiger partial charge in [0.25, 0.3) is 10.0 Å². The zero-order chi connectivity index (χ0) is 22.3. The van der Waals surface area contributed by atoms with E-state index in [9.17, 15) is 13.2 Å². The van der Waals surface area contributed by atoms with E-state index in [0.29, 0.717) is 24.4 Å². The Labute approximate surface area is 184 Å². The number of nitrogens with zero attached hydrogens (tertiary/aromatic N) is 2. The van der Waals surface area contributed by atoms with Crippen LogP contribution in [0.3, 0.4) is 0 Å². The van der Waals surface area contributed by atoms with Crippen molar-refractivity contribution in [2.45, 2.75) is 44.4 Å². The van der Waals surface area contributed by atoms with Gasteiger partial charge >= 0.3 is 0 Å². The van der Waals surface area contributed by atoms with Crippen LogP contribution in [0.4, 0.5) is 11.4 Å². The van der Waals surface area contributed by atoms with Crippen molar-refractivity contribution in [1.82, 2.24) is 4.72 Å². The van der Waals surface area contributed by atoms with Crippen molar-refractivity contribution < 1.29 is 13.2 Å². The number of anilines is 2. The van der Waals surface area contributed by atoms with E-state index in [1.54, 1.807) is 24.3 Å². The summed E-state index contributed by atoms with van der Waals surface area (Å²) < 4.78 is 26.6. The summed E-state index contributed by atoms with van der Waals surface area (Å²) in [5, 5.41) is 2.94. The molecule has 0 fully saturated rings. The molecule has 0 saturated heterocycles. The van der Waals surface area contributed by atoms with Crippen molar-refractivity contribution in [3.63, 3.8) is 0 Å². The Hall–Kier alpha value is -2.87. The molecule has 0 aliphatic carbocycles. The lowest BCUT2D eigenvalue weighted by Crippen LogP contribution is -2.22. The molecule has 1 aliphatic heterocycles. The van der Waals surface area contributed by atoms with Gasteiger partial charge in [-0.3, -0.25) is 14.5 Å². The lowest BCUT2D eigenvalue weighted by atomic mass is 10.1. The fourth-order valence-electron chi connectivity index (χ4n) is 3.58. The minimum Gasteiger partial charge on any atom is -0.372 e. The fraction of sp³-hybridized carbons (Fsp3) is 0.391. The summed E-state index contributed by atoms with van der Waals surface area (Å²) in [5.74, 6) is 0.404. The summed E-state index contributed by atoms with van der Waals surface area (Å²) >= 11 is 0. The monoisotopic (exact) mass is 442 g/mol. The number of hydrogen-bond donors (Lipinski definition) is 2. The molecule has 0 aromatic heterocycles. The summed E-state index contributed by atoms with van der Waals surface area (Å²) in [7, 11) is -3.49. The molecule has 3 rings (SSSR count). The second kappa shape index (κ2) is 10.4. The van der Waals surface area contributed by atoms with Crippen LogP contribution < -0.4 is 14.9 Å². The van der Waals surface area contributed by atoms with Gasteiger partial charge in [0.1, 0.15) is 5.84 Å². The maximum absolute atomic E-state index is 12.2. The molecule has 166 valence electrons. The van der Waals surface area contributed by atoms with Crippen LogP contribution >= 0.6 is 0 Å². The molecular weight excluding hydrogens is 412 g/mol. The smallest absolute Gasteiger partial charge is 0.263 e. The van der Waals surface area contributed by atoms with Gasteiger partial charge in [0.2, 0.25) is 5.91 Å². The van der Waals surface area contributed by atoms with E-state index < -0.39 is 10.0 Å². The first kappa shape index (κ1) is 22.8. The first-order chi connectivity index (χ1) is 14.9. The Morgan fingerprint density at radius 2 is 1.71 bits per heavy atom. The molecule has 1 amide bonds. The van der Waals surface area contributed by atoms with Gasteiger partial charge in [0.05, 0.1) is 4.90 Å². The lowest BCUT2D eigenvalue weighted by molar-refractivity contribution is -0.116. The van der Waals surface area contributed by atoms with Crippen molar-refractivity contribution in [2.24, 2.45) is 4.99 Å². The number of aliphatic imine (C=N–C) groups is 1. The largest absolute Gasteiger partial charge is 0.372 e. The minimum absolute atomic E-state index is 0.000571. The summed E-state index contributed by atoms with van der Waals surface area (Å²) in [6.45, 7) is 6.66. The van der Waals surface area contributed by atoms with Gasteiger partial charge in [-0.1, -0.05) is 18.6 Å². The first-order valence-corrected chi connectivity index (χ1v) is 12.2. The van der Waals surface area contributed by atoms with Gasteiger partial charge in [-0.25, -0.2) is 8.42 Å². The van der Waals surface area contributed by atoms with Crippen LogP contribution in [0.15, 0.2) is 58.4 Å². The fourth-order valence-corrected chi connectivity index (χ4v) is 4.84. The Kier molecular flexibility index (Phi) is 7.68.